The van der Waals surface area contributed by atoms with Gasteiger partial charge in [-0.2, -0.15) is 0 Å². The van der Waals surface area contributed by atoms with Gasteiger partial charge in [0, 0.05) is 12.6 Å². The predicted molar refractivity (Wildman–Crippen MR) is 71.8 cm³/mol. The van der Waals surface area contributed by atoms with E-state index in [1.807, 2.05) is 13.0 Å². The van der Waals surface area contributed by atoms with Crippen molar-refractivity contribution in [2.45, 2.75) is 52.5 Å². The molecule has 0 aromatic rings. The van der Waals surface area contributed by atoms with Crippen molar-refractivity contribution in [3.8, 4) is 0 Å². The second-order valence-corrected chi connectivity index (χ2v) is 4.60. The third-order valence-corrected chi connectivity index (χ3v) is 2.80. The maximum Gasteiger partial charge on any atom is 0.0621 e. The van der Waals surface area contributed by atoms with Gasteiger partial charge in [-0.05, 0) is 38.6 Å². The highest BCUT2D eigenvalue weighted by molar-refractivity contribution is 4.70. The highest BCUT2D eigenvalue weighted by Gasteiger charge is 2.11. The van der Waals surface area contributed by atoms with E-state index in [0.29, 0.717) is 12.0 Å². The van der Waals surface area contributed by atoms with E-state index in [9.17, 15) is 0 Å². The highest BCUT2D eigenvalue weighted by atomic mass is 16.5. The van der Waals surface area contributed by atoms with Crippen LogP contribution in [0.25, 0.3) is 0 Å². The fourth-order valence-electron chi connectivity index (χ4n) is 1.61. The lowest BCUT2D eigenvalue weighted by Crippen LogP contribution is -2.38. The molecule has 16 heavy (non-hydrogen) atoms. The van der Waals surface area contributed by atoms with Crippen LogP contribution in [-0.4, -0.2) is 25.8 Å². The first-order chi connectivity index (χ1) is 7.72. The van der Waals surface area contributed by atoms with Crippen molar-refractivity contribution in [3.05, 3.63) is 12.7 Å². The van der Waals surface area contributed by atoms with Crippen LogP contribution in [0.4, 0.5) is 0 Å². The molecule has 96 valence electrons. The van der Waals surface area contributed by atoms with Gasteiger partial charge in [0.05, 0.1) is 6.61 Å². The normalized spacial score (nSPS) is 13.0. The quantitative estimate of drug-likeness (QED) is 0.431. The predicted octanol–water partition coefficient (Wildman–Crippen LogP) is 3.38. The molecule has 2 nitrogen and oxygen atoms in total. The molecule has 0 radical (unpaired) electrons. The molecule has 0 aliphatic heterocycles. The lowest BCUT2D eigenvalue weighted by Gasteiger charge is -2.22. The summed E-state index contributed by atoms with van der Waals surface area (Å²) in [5.74, 6) is 0.639. The van der Waals surface area contributed by atoms with Crippen molar-refractivity contribution < 1.29 is 4.74 Å². The maximum absolute atomic E-state index is 5.48. The van der Waals surface area contributed by atoms with Crippen LogP contribution < -0.4 is 5.32 Å². The smallest absolute Gasteiger partial charge is 0.0621 e. The van der Waals surface area contributed by atoms with E-state index >= 15 is 0 Å². The zero-order chi connectivity index (χ0) is 12.2. The molecule has 0 aliphatic rings. The molecule has 0 aliphatic carbocycles. The molecule has 0 spiro atoms. The van der Waals surface area contributed by atoms with Crippen molar-refractivity contribution in [2.24, 2.45) is 5.92 Å². The van der Waals surface area contributed by atoms with E-state index in [-0.39, 0.29) is 0 Å². The van der Waals surface area contributed by atoms with Gasteiger partial charge in [0.15, 0.2) is 0 Å². The first-order valence-corrected chi connectivity index (χ1v) is 6.64. The fourth-order valence-corrected chi connectivity index (χ4v) is 1.61. The van der Waals surface area contributed by atoms with Crippen LogP contribution in [0, 0.1) is 5.92 Å². The second-order valence-electron chi connectivity index (χ2n) is 4.60. The minimum Gasteiger partial charge on any atom is -0.380 e. The highest BCUT2D eigenvalue weighted by Crippen LogP contribution is 2.04. The summed E-state index contributed by atoms with van der Waals surface area (Å²) < 4.78 is 5.48. The molecule has 0 saturated heterocycles. The number of nitrogens with one attached hydrogen (secondary N) is 1. The number of hydrogen-bond acceptors (Lipinski definition) is 2. The van der Waals surface area contributed by atoms with Crippen molar-refractivity contribution in [1.82, 2.24) is 5.32 Å². The van der Waals surface area contributed by atoms with Gasteiger partial charge in [-0.3, -0.25) is 0 Å². The third kappa shape index (κ3) is 8.93. The average molecular weight is 227 g/mol. The topological polar surface area (TPSA) is 21.3 Å². The molecule has 1 N–H and O–H groups in total. The first kappa shape index (κ1) is 15.7. The minimum atomic E-state index is 0.499. The van der Waals surface area contributed by atoms with Gasteiger partial charge in [-0.1, -0.05) is 26.3 Å². The Morgan fingerprint density at radius 2 is 2.00 bits per heavy atom. The van der Waals surface area contributed by atoms with E-state index in [0.717, 1.165) is 26.2 Å². The molecule has 2 heteroatoms. The van der Waals surface area contributed by atoms with Gasteiger partial charge in [0.2, 0.25) is 0 Å². The zero-order valence-corrected chi connectivity index (χ0v) is 11.3. The van der Waals surface area contributed by atoms with E-state index in [4.69, 9.17) is 4.74 Å². The molecular formula is C14H29NO. The standard InChI is InChI=1S/C14H29NO/c1-5-7-8-9-10-11-15-14(13(3)4)12-16-6-2/h5,13-15H,1,6-12H2,2-4H3. The Hall–Kier alpha value is -0.340. The Morgan fingerprint density at radius 1 is 1.25 bits per heavy atom. The van der Waals surface area contributed by atoms with Crippen molar-refractivity contribution >= 4 is 0 Å². The Kier molecular flexibility index (Phi) is 10.9. The zero-order valence-electron chi connectivity index (χ0n) is 11.3. The van der Waals surface area contributed by atoms with Gasteiger partial charge in [-0.25, -0.2) is 0 Å². The summed E-state index contributed by atoms with van der Waals surface area (Å²) in [5, 5.41) is 3.58. The summed E-state index contributed by atoms with van der Waals surface area (Å²) in [6, 6.07) is 0.499. The van der Waals surface area contributed by atoms with Gasteiger partial charge in [0.1, 0.15) is 0 Å². The lowest BCUT2D eigenvalue weighted by atomic mass is 10.1. The van der Waals surface area contributed by atoms with E-state index < -0.39 is 0 Å². The van der Waals surface area contributed by atoms with Crippen molar-refractivity contribution in [3.63, 3.8) is 0 Å². The van der Waals surface area contributed by atoms with Crippen LogP contribution in [0.15, 0.2) is 12.7 Å². The largest absolute Gasteiger partial charge is 0.380 e. The summed E-state index contributed by atoms with van der Waals surface area (Å²) >= 11 is 0. The number of hydrogen-bond donors (Lipinski definition) is 1. The van der Waals surface area contributed by atoms with Crippen LogP contribution in [0.2, 0.25) is 0 Å². The SMILES string of the molecule is C=CCCCCCNC(COCC)C(C)C. The third-order valence-electron chi connectivity index (χ3n) is 2.80. The summed E-state index contributed by atoms with van der Waals surface area (Å²) in [5.41, 5.74) is 0. The Balaban J connectivity index is 3.48. The van der Waals surface area contributed by atoms with Crippen molar-refractivity contribution in [1.29, 1.82) is 0 Å². The molecule has 0 rings (SSSR count). The van der Waals surface area contributed by atoms with Crippen LogP contribution >= 0.6 is 0 Å². The van der Waals surface area contributed by atoms with E-state index in [1.54, 1.807) is 0 Å². The molecule has 0 bridgehead atoms. The van der Waals surface area contributed by atoms with Gasteiger partial charge in [0.25, 0.3) is 0 Å². The molecule has 0 heterocycles. The van der Waals surface area contributed by atoms with Crippen LogP contribution in [0.3, 0.4) is 0 Å². The number of unbranched alkanes of at least 4 members (excludes halogenated alkanes) is 3. The van der Waals surface area contributed by atoms with Crippen LogP contribution in [0.5, 0.6) is 0 Å². The molecule has 0 amide bonds. The maximum atomic E-state index is 5.48. The number of allylic oxidation sites excluding steroid dienone is 1. The molecule has 1 atom stereocenters. The minimum absolute atomic E-state index is 0.499. The average Bonchev–Trinajstić information content (AvgIpc) is 2.26. The summed E-state index contributed by atoms with van der Waals surface area (Å²) in [7, 11) is 0. The Morgan fingerprint density at radius 3 is 2.56 bits per heavy atom. The lowest BCUT2D eigenvalue weighted by molar-refractivity contribution is 0.108. The molecule has 1 unspecified atom stereocenters. The summed E-state index contributed by atoms with van der Waals surface area (Å²) in [6.07, 6.45) is 6.95. The Labute approximate surface area is 101 Å². The molecule has 0 fully saturated rings. The van der Waals surface area contributed by atoms with Gasteiger partial charge in [-0.15, -0.1) is 6.58 Å². The summed E-state index contributed by atoms with van der Waals surface area (Å²) in [4.78, 5) is 0. The Bertz CT molecular complexity index is 157. The van der Waals surface area contributed by atoms with Gasteiger partial charge >= 0.3 is 0 Å². The molecule has 0 saturated carbocycles. The molecular weight excluding hydrogens is 198 g/mol. The van der Waals surface area contributed by atoms with E-state index in [1.165, 1.54) is 19.3 Å². The van der Waals surface area contributed by atoms with Crippen LogP contribution in [0.1, 0.15) is 46.5 Å². The van der Waals surface area contributed by atoms with Crippen LogP contribution in [-0.2, 0) is 4.74 Å². The molecule has 0 aromatic heterocycles. The summed E-state index contributed by atoms with van der Waals surface area (Å²) in [6.45, 7) is 13.0. The fraction of sp³-hybridized carbons (Fsp3) is 0.857. The number of ether oxygens (including phenoxy) is 1. The first-order valence-electron chi connectivity index (χ1n) is 6.64. The second kappa shape index (κ2) is 11.2. The van der Waals surface area contributed by atoms with Gasteiger partial charge < -0.3 is 10.1 Å². The monoisotopic (exact) mass is 227 g/mol. The van der Waals surface area contributed by atoms with E-state index in [2.05, 4.69) is 25.7 Å². The molecule has 0 aromatic carbocycles. The van der Waals surface area contributed by atoms with Crippen molar-refractivity contribution in [2.75, 3.05) is 19.8 Å². The number of rotatable bonds is 11.